The Morgan fingerprint density at radius 3 is 1.93 bits per heavy atom. The maximum atomic E-state index is 11.1. The van der Waals surface area contributed by atoms with Gasteiger partial charge in [0, 0.05) is 11.5 Å². The molecule has 4 rings (SSSR count). The summed E-state index contributed by atoms with van der Waals surface area (Å²) in [6.07, 6.45) is 8.39. The quantitative estimate of drug-likeness (QED) is 0.486. The number of benzene rings is 3. The van der Waals surface area contributed by atoms with Gasteiger partial charge in [-0.1, -0.05) is 71.2 Å². The second kappa shape index (κ2) is 10.3. The molecule has 1 aliphatic rings. The highest BCUT2D eigenvalue weighted by molar-refractivity contribution is 5.91. The number of carboxylic acid groups (broad SMARTS) is 1. The highest BCUT2D eigenvalue weighted by Gasteiger charge is 2.18. The first-order chi connectivity index (χ1) is 13.6. The Morgan fingerprint density at radius 2 is 1.30 bits per heavy atom. The van der Waals surface area contributed by atoms with Crippen LogP contribution in [0.1, 0.15) is 60.9 Å². The molecule has 0 spiro atoms. The van der Waals surface area contributed by atoms with Crippen LogP contribution in [0.4, 0.5) is 0 Å². The van der Waals surface area contributed by atoms with Gasteiger partial charge in [0.05, 0.1) is 5.56 Å². The summed E-state index contributed by atoms with van der Waals surface area (Å²) in [5, 5.41) is 21.8. The average Bonchev–Trinajstić information content (AvgIpc) is 2.67. The number of phenolic OH excluding ortho intramolecular Hbond substituents is 1. The Labute approximate surface area is 180 Å². The molecule has 0 unspecified atom stereocenters. The van der Waals surface area contributed by atoms with Crippen molar-refractivity contribution < 1.29 is 15.0 Å². The van der Waals surface area contributed by atoms with E-state index in [4.69, 9.17) is 5.11 Å². The number of aromatic hydroxyl groups is 1. The normalized spacial score (nSPS) is 14.8. The number of carboxylic acids is 1. The van der Waals surface area contributed by atoms with E-state index in [1.807, 2.05) is 30.3 Å². The minimum Gasteiger partial charge on any atom is -0.508 e. The minimum absolute atomic E-state index is 0. The van der Waals surface area contributed by atoms with Crippen molar-refractivity contribution in [1.29, 1.82) is 0 Å². The third-order valence-corrected chi connectivity index (χ3v) is 5.76. The maximum absolute atomic E-state index is 11.1. The molecule has 0 aromatic heterocycles. The van der Waals surface area contributed by atoms with Gasteiger partial charge in [-0.25, -0.2) is 4.79 Å². The highest BCUT2D eigenvalue weighted by atomic mass is 16.4. The lowest BCUT2D eigenvalue weighted by Crippen LogP contribution is -2.03. The lowest BCUT2D eigenvalue weighted by Gasteiger charge is -2.21. The molecule has 5 radical (unpaired) electrons. The van der Waals surface area contributed by atoms with Gasteiger partial charge in [-0.05, 0) is 65.1 Å². The van der Waals surface area contributed by atoms with Crippen molar-refractivity contribution in [1.82, 2.24) is 0 Å². The molecule has 3 heteroatoms. The predicted molar refractivity (Wildman–Crippen MR) is 123 cm³/mol. The Hall–Kier alpha value is -2.81. The number of hydrogen-bond acceptors (Lipinski definition) is 2. The molecule has 0 aliphatic heterocycles. The number of aromatic carboxylic acids is 1. The second-order valence-electron chi connectivity index (χ2n) is 7.69. The first-order valence-corrected chi connectivity index (χ1v) is 10.1. The maximum Gasteiger partial charge on any atom is 0.335 e. The molecule has 1 fully saturated rings. The smallest absolute Gasteiger partial charge is 0.335 e. The van der Waals surface area contributed by atoms with Crippen LogP contribution in [0.3, 0.4) is 0 Å². The van der Waals surface area contributed by atoms with Crippen molar-refractivity contribution >= 4 is 16.7 Å². The molecule has 1 saturated carbocycles. The number of carbonyl (C=O) groups is 1. The lowest BCUT2D eigenvalue weighted by molar-refractivity contribution is 0.0697. The van der Waals surface area contributed by atoms with Gasteiger partial charge in [-0.2, -0.15) is 0 Å². The third kappa shape index (κ3) is 5.02. The van der Waals surface area contributed by atoms with Gasteiger partial charge in [0.1, 0.15) is 5.75 Å². The number of hydrogen-bond donors (Lipinski definition) is 2. The number of fused-ring (bicyclic) bond motifs is 1. The Bertz CT molecular complexity index is 981. The average molecular weight is 402 g/mol. The van der Waals surface area contributed by atoms with Crippen LogP contribution in [0, 0.1) is 20.8 Å². The zero-order valence-corrected chi connectivity index (χ0v) is 17.4. The Balaban J connectivity index is 0.00000160. The molecule has 0 bridgehead atoms. The van der Waals surface area contributed by atoms with Crippen molar-refractivity contribution in [2.45, 2.75) is 44.9 Å². The van der Waals surface area contributed by atoms with Crippen molar-refractivity contribution in [2.24, 2.45) is 0 Å². The van der Waals surface area contributed by atoms with E-state index in [0.29, 0.717) is 5.75 Å². The van der Waals surface area contributed by atoms with Gasteiger partial charge in [-0.15, -0.1) is 0 Å². The number of rotatable bonds is 3. The van der Waals surface area contributed by atoms with Crippen LogP contribution in [0.5, 0.6) is 5.75 Å². The SMILES string of the molecule is O=C(O)c1ccc(-c2ccc3cc(O)c([C]4CCCCCCC4)cc3c2)cc1.[CH2].[CH2]. The molecule has 0 saturated heterocycles. The zero-order chi connectivity index (χ0) is 19.5. The van der Waals surface area contributed by atoms with Crippen LogP contribution in [0.15, 0.2) is 54.6 Å². The van der Waals surface area contributed by atoms with Crippen LogP contribution >= 0.6 is 0 Å². The molecule has 30 heavy (non-hydrogen) atoms. The summed E-state index contributed by atoms with van der Waals surface area (Å²) in [5.74, 6) is 0.832. The fourth-order valence-electron chi connectivity index (χ4n) is 4.16. The molecule has 0 amide bonds. The van der Waals surface area contributed by atoms with Crippen LogP contribution in [-0.2, 0) is 0 Å². The Morgan fingerprint density at radius 1 is 0.700 bits per heavy atom. The van der Waals surface area contributed by atoms with Crippen LogP contribution < -0.4 is 0 Å². The number of phenols is 1. The fourth-order valence-corrected chi connectivity index (χ4v) is 4.16. The minimum atomic E-state index is -0.915. The van der Waals surface area contributed by atoms with E-state index in [9.17, 15) is 9.90 Å². The van der Waals surface area contributed by atoms with E-state index >= 15 is 0 Å². The summed E-state index contributed by atoms with van der Waals surface area (Å²) in [5.41, 5.74) is 3.31. The van der Waals surface area contributed by atoms with E-state index in [2.05, 4.69) is 12.1 Å². The van der Waals surface area contributed by atoms with Crippen molar-refractivity contribution in [3.63, 3.8) is 0 Å². The van der Waals surface area contributed by atoms with E-state index in [1.54, 1.807) is 12.1 Å². The molecular weight excluding hydrogens is 372 g/mol. The summed E-state index contributed by atoms with van der Waals surface area (Å²) in [7, 11) is 0. The van der Waals surface area contributed by atoms with Gasteiger partial charge in [0.2, 0.25) is 0 Å². The zero-order valence-electron chi connectivity index (χ0n) is 17.4. The molecule has 0 atom stereocenters. The van der Waals surface area contributed by atoms with Crippen molar-refractivity contribution in [2.75, 3.05) is 0 Å². The predicted octanol–water partition coefficient (Wildman–Crippen LogP) is 7.23. The monoisotopic (exact) mass is 401 g/mol. The topological polar surface area (TPSA) is 57.5 Å². The molecule has 0 heterocycles. The molecular formula is C27H29O3. The van der Waals surface area contributed by atoms with Gasteiger partial charge >= 0.3 is 5.97 Å². The van der Waals surface area contributed by atoms with E-state index in [0.717, 1.165) is 40.3 Å². The molecule has 3 aromatic rings. The highest BCUT2D eigenvalue weighted by Crippen LogP contribution is 2.38. The molecule has 2 N–H and O–H groups in total. The van der Waals surface area contributed by atoms with Crippen molar-refractivity contribution in [3.8, 4) is 16.9 Å². The van der Waals surface area contributed by atoms with Crippen molar-refractivity contribution in [3.05, 3.63) is 86.5 Å². The third-order valence-electron chi connectivity index (χ3n) is 5.76. The molecule has 1 aliphatic carbocycles. The van der Waals surface area contributed by atoms with E-state index in [-0.39, 0.29) is 20.4 Å². The van der Waals surface area contributed by atoms with Crippen LogP contribution in [0.2, 0.25) is 0 Å². The van der Waals surface area contributed by atoms with Gasteiger partial charge < -0.3 is 10.2 Å². The van der Waals surface area contributed by atoms with Gasteiger partial charge in [0.15, 0.2) is 0 Å². The van der Waals surface area contributed by atoms with E-state index < -0.39 is 5.97 Å². The summed E-state index contributed by atoms with van der Waals surface area (Å²) >= 11 is 0. The summed E-state index contributed by atoms with van der Waals surface area (Å²) in [4.78, 5) is 11.1. The fraction of sp³-hybridized carbons (Fsp3) is 0.259. The lowest BCUT2D eigenvalue weighted by atomic mass is 9.84. The molecule has 3 nitrogen and oxygen atoms in total. The largest absolute Gasteiger partial charge is 0.508 e. The summed E-state index contributed by atoms with van der Waals surface area (Å²) < 4.78 is 0. The first-order valence-electron chi connectivity index (χ1n) is 10.1. The van der Waals surface area contributed by atoms with E-state index in [1.165, 1.54) is 38.0 Å². The summed E-state index contributed by atoms with van der Waals surface area (Å²) in [6.45, 7) is 0. The van der Waals surface area contributed by atoms with Gasteiger partial charge in [0.25, 0.3) is 0 Å². The Kier molecular flexibility index (Phi) is 8.05. The first kappa shape index (κ1) is 23.5. The van der Waals surface area contributed by atoms with Crippen LogP contribution in [0.25, 0.3) is 21.9 Å². The second-order valence-corrected chi connectivity index (χ2v) is 7.69. The molecule has 3 aromatic carbocycles. The molecule has 155 valence electrons. The van der Waals surface area contributed by atoms with Crippen LogP contribution in [-0.4, -0.2) is 16.2 Å². The standard InChI is InChI=1S/C25H25O3.2CH2/c26-24-16-21-13-12-20(17-8-10-19(11-9-17)25(27)28)14-22(21)15-23(24)18-6-4-2-1-3-5-7-18;;/h8-16,26H,1-7H2,(H,27,28);2*1H2. The van der Waals surface area contributed by atoms with Gasteiger partial charge in [-0.3, -0.25) is 0 Å². The summed E-state index contributed by atoms with van der Waals surface area (Å²) in [6, 6.07) is 17.1.